The van der Waals surface area contributed by atoms with Gasteiger partial charge in [-0.15, -0.1) is 0 Å². The van der Waals surface area contributed by atoms with Gasteiger partial charge in [-0.2, -0.15) is 0 Å². The summed E-state index contributed by atoms with van der Waals surface area (Å²) in [6.45, 7) is 54.2. The molecule has 0 radical (unpaired) electrons. The van der Waals surface area contributed by atoms with Crippen molar-refractivity contribution in [1.82, 2.24) is 20.1 Å². The maximum atomic E-state index is 12.8. The summed E-state index contributed by atoms with van der Waals surface area (Å²) in [5.74, 6) is 4.23. The molecule has 4 atom stereocenters. The smallest absolute Gasteiger partial charge is 0.306 e. The van der Waals surface area contributed by atoms with Crippen molar-refractivity contribution in [2.45, 2.75) is 255 Å². The highest BCUT2D eigenvalue weighted by atomic mass is 35.5. The number of rotatable bonds is 36. The van der Waals surface area contributed by atoms with Crippen molar-refractivity contribution in [3.63, 3.8) is 0 Å². The fourth-order valence-corrected chi connectivity index (χ4v) is 16.1. The van der Waals surface area contributed by atoms with Gasteiger partial charge in [-0.25, -0.2) is 4.98 Å². The number of hydrogen-bond acceptors (Lipinski definition) is 14. The molecule has 0 spiro atoms. The number of hydrogen-bond donors (Lipinski definition) is 7. The van der Waals surface area contributed by atoms with Crippen molar-refractivity contribution in [3.8, 4) is 17.2 Å². The third kappa shape index (κ3) is 43.3. The van der Waals surface area contributed by atoms with E-state index >= 15 is 0 Å². The zero-order valence-electron chi connectivity index (χ0n) is 85.8. The lowest BCUT2D eigenvalue weighted by molar-refractivity contribution is -0.144. The predicted octanol–water partition coefficient (Wildman–Crippen LogP) is 23.7. The average Bonchev–Trinajstić information content (AvgIpc) is 0.837. The van der Waals surface area contributed by atoms with Gasteiger partial charge in [-0.1, -0.05) is 217 Å². The topological polar surface area (TPSA) is 305 Å². The molecule has 740 valence electrons. The first-order valence-electron chi connectivity index (χ1n) is 48.4. The molecule has 7 amide bonds. The van der Waals surface area contributed by atoms with Crippen molar-refractivity contribution < 1.29 is 67.6 Å². The van der Waals surface area contributed by atoms with E-state index in [-0.39, 0.29) is 95.2 Å². The van der Waals surface area contributed by atoms with Gasteiger partial charge < -0.3 is 65.7 Å². The Labute approximate surface area is 808 Å². The Morgan fingerprint density at radius 3 is 1.52 bits per heavy atom. The molecule has 24 heteroatoms. The third-order valence-corrected chi connectivity index (χ3v) is 24.0. The fourth-order valence-electron chi connectivity index (χ4n) is 15.7. The summed E-state index contributed by atoms with van der Waals surface area (Å²) < 4.78 is 15.5. The largest absolute Gasteiger partial charge is 0.497 e. The summed E-state index contributed by atoms with van der Waals surface area (Å²) in [5.41, 5.74) is 10.8. The average molecular weight is 1870 g/mol. The Balaban J connectivity index is 0.000000404. The minimum absolute atomic E-state index is 0.0226. The Morgan fingerprint density at radius 2 is 1.04 bits per heavy atom. The number of amides is 7. The summed E-state index contributed by atoms with van der Waals surface area (Å²) in [6.07, 6.45) is 9.32. The van der Waals surface area contributed by atoms with Crippen LogP contribution in [0.4, 0.5) is 28.6 Å². The number of carboxylic acid groups (broad SMARTS) is 2. The molecule has 4 unspecified atom stereocenters. The molecule has 23 nitrogen and oxygen atoms in total. The van der Waals surface area contributed by atoms with Crippen LogP contribution < -0.4 is 45.7 Å². The number of aromatic nitrogens is 1. The van der Waals surface area contributed by atoms with Crippen LogP contribution in [0.15, 0.2) is 152 Å². The third-order valence-electron chi connectivity index (χ3n) is 23.7. The number of para-hydroxylation sites is 1. The van der Waals surface area contributed by atoms with E-state index in [1.807, 2.05) is 146 Å². The number of likely N-dealkylation sites (tertiary alicyclic amines) is 1. The van der Waals surface area contributed by atoms with Crippen LogP contribution in [0.25, 0.3) is 0 Å². The number of halogens is 1. The molecule has 2 aliphatic rings. The molecule has 2 saturated heterocycles. The first-order chi connectivity index (χ1) is 63.3. The summed E-state index contributed by atoms with van der Waals surface area (Å²) in [6, 6.07) is 48.3. The maximum Gasteiger partial charge on any atom is 0.306 e. The zero-order valence-corrected chi connectivity index (χ0v) is 86.5. The molecule has 2 fully saturated rings. The van der Waals surface area contributed by atoms with Crippen LogP contribution in [0.3, 0.4) is 0 Å². The van der Waals surface area contributed by atoms with E-state index in [4.69, 9.17) is 36.0 Å². The van der Waals surface area contributed by atoms with Crippen LogP contribution in [0.1, 0.15) is 260 Å². The number of anilines is 5. The minimum atomic E-state index is -0.786. The number of methoxy groups -OCH3 is 3. The normalized spacial score (nSPS) is 13.2. The number of nitrogens with zero attached hydrogens (tertiary/aromatic N) is 4. The van der Waals surface area contributed by atoms with E-state index in [1.165, 1.54) is 28.8 Å². The number of nitrogens with one attached hydrogen (secondary N) is 5. The molecule has 134 heavy (non-hydrogen) atoms. The number of carbonyl (C=O) groups excluding carboxylic acids is 7. The number of piperazine rings is 1. The summed E-state index contributed by atoms with van der Waals surface area (Å²) in [4.78, 5) is 117. The van der Waals surface area contributed by atoms with Gasteiger partial charge in [0.05, 0.1) is 33.7 Å². The van der Waals surface area contributed by atoms with Crippen LogP contribution in [-0.2, 0) is 57.6 Å². The second kappa shape index (κ2) is 62.0. The molecule has 1 aromatic heterocycles. The first-order valence-corrected chi connectivity index (χ1v) is 48.8. The summed E-state index contributed by atoms with van der Waals surface area (Å²) >= 11 is 6.16. The Morgan fingerprint density at radius 1 is 0.485 bits per heavy atom. The van der Waals surface area contributed by atoms with Gasteiger partial charge in [-0.3, -0.25) is 43.2 Å². The van der Waals surface area contributed by atoms with Crippen LogP contribution in [0.5, 0.6) is 17.2 Å². The van der Waals surface area contributed by atoms with Gasteiger partial charge in [0.2, 0.25) is 35.4 Å². The zero-order chi connectivity index (χ0) is 101. The Bertz CT molecular complexity index is 4640. The number of ether oxygens (including phenoxy) is 3. The number of pyridine rings is 1. The van der Waals surface area contributed by atoms with E-state index in [0.717, 1.165) is 118 Å². The van der Waals surface area contributed by atoms with Crippen LogP contribution in [0.2, 0.25) is 5.02 Å². The first kappa shape index (κ1) is 117. The molecule has 0 saturated carbocycles. The van der Waals surface area contributed by atoms with Crippen LogP contribution >= 0.6 is 11.6 Å². The molecule has 3 heterocycles. The molecule has 7 N–H and O–H groups in total. The Hall–Kier alpha value is -10.8. The number of aryl methyl sites for hydroxylation is 4. The van der Waals surface area contributed by atoms with Gasteiger partial charge in [0, 0.05) is 127 Å². The standard InChI is InChI=1S/C19H30N2O2.C19H31NO.C18H22N2O.C14H20N2O2.C14H21NO3.C13H17ClO2.C13H23NO3/c1-14(2)18(15(3)4)19(22)21-12-10-20(11-13-21)16-6-8-17(23-5)9-7-16;1-7-15-10-9-11-16(8-2)18(15)20-19(21)17(14(5)6)12-13(3)4;1-13(2)16(12-15-9-5-4-6-10-15)18(21)20-17-11-7-8-14(3)19-17;1-9(2)13(17)16-12-7-5-11(6-8-12)14(18)15-10(3)4;1-10(2)5-8-14(16)15-11-6-7-12(17-3)13(9-11)18-4;1-8(2)11(7-13(15)16)10-5-4-9(3)6-12(10)14;1-10(2)11(13(16)17)6-7-12(15)14-8-4-3-5-9-14/h6-9,14-15,18H,10-13H2,1-5H3;9-11,13-14,17H,7-8,12H2,1-6H3,(H,20,21);4-11,13,16H,12H2,1-3H3,(H,19,20,21);5-10H,1-4H3,(H,15,18)(H,16,17);6-7,9-10H,5,8H2,1-4H3,(H,15,16);4-6,8,11H,7H2,1-3H3,(H,15,16);10-11H,3-9H2,1-2H3,(H,16,17). The van der Waals surface area contributed by atoms with Gasteiger partial charge in [0.1, 0.15) is 11.6 Å². The lowest BCUT2D eigenvalue weighted by Crippen LogP contribution is -2.51. The van der Waals surface area contributed by atoms with E-state index in [1.54, 1.807) is 63.8 Å². The van der Waals surface area contributed by atoms with E-state index in [0.29, 0.717) is 88.3 Å². The number of carboxylic acids is 2. The van der Waals surface area contributed by atoms with Crippen molar-refractivity contribution in [2.24, 2.45) is 76.9 Å². The van der Waals surface area contributed by atoms with E-state index < -0.39 is 17.9 Å². The minimum Gasteiger partial charge on any atom is -0.497 e. The molecule has 0 bridgehead atoms. The van der Waals surface area contributed by atoms with Crippen LogP contribution in [0, 0.1) is 90.8 Å². The quantitative estimate of drug-likeness (QED) is 0.0192. The molecule has 6 aromatic carbocycles. The number of carbonyl (C=O) groups is 9. The second-order valence-corrected chi connectivity index (χ2v) is 38.8. The highest BCUT2D eigenvalue weighted by Crippen LogP contribution is 2.36. The second-order valence-electron chi connectivity index (χ2n) is 38.4. The predicted molar refractivity (Wildman–Crippen MR) is 549 cm³/mol. The number of aliphatic carboxylic acids is 2. The molecule has 2 aliphatic heterocycles. The van der Waals surface area contributed by atoms with Crippen molar-refractivity contribution >= 4 is 93.5 Å². The number of piperidine rings is 1. The molecule has 0 aliphatic carbocycles. The summed E-state index contributed by atoms with van der Waals surface area (Å²) in [7, 11) is 4.83. The van der Waals surface area contributed by atoms with Gasteiger partial charge in [-0.05, 0) is 245 Å². The molecular weight excluding hydrogens is 1710 g/mol. The highest BCUT2D eigenvalue weighted by Gasteiger charge is 2.33. The van der Waals surface area contributed by atoms with E-state index in [2.05, 4.69) is 176 Å². The monoisotopic (exact) mass is 1870 g/mol. The van der Waals surface area contributed by atoms with E-state index in [9.17, 15) is 43.2 Å². The Kier molecular flexibility index (Phi) is 54.3. The van der Waals surface area contributed by atoms with Crippen LogP contribution in [-0.4, -0.2) is 145 Å². The molecule has 9 rings (SSSR count). The molecular formula is C110H164ClN9O14. The van der Waals surface area contributed by atoms with Crippen molar-refractivity contribution in [3.05, 3.63) is 196 Å². The lowest BCUT2D eigenvalue weighted by Gasteiger charge is -2.39. The highest BCUT2D eigenvalue weighted by molar-refractivity contribution is 6.31. The summed E-state index contributed by atoms with van der Waals surface area (Å²) in [5, 5.41) is 33.2. The maximum absolute atomic E-state index is 12.8. The van der Waals surface area contributed by atoms with Gasteiger partial charge in [0.15, 0.2) is 11.5 Å². The van der Waals surface area contributed by atoms with Crippen molar-refractivity contribution in [1.29, 1.82) is 0 Å². The SMILES string of the molecule is CC(C)C(CCC(=O)N1CCCCC1)C(=O)O.CC(C)NC(=O)c1ccc(NC(=O)C(C)C)cc1.CCc1cccc(CC)c1NC(=O)C(CC(C)C)C(C)C.COc1ccc(N2CCN(C(=O)C(C(C)C)C(C)C)CC2)cc1.COc1ccc(NC(=O)CCC(C)C)cc1OC.Cc1ccc(C(CC(=O)O)C(C)C)c(Cl)c1.Cc1cccc(NC(=O)C(Cc2ccccc2)C(C)C)n1. The molecule has 7 aromatic rings. The fraction of sp³-hybridized carbons (Fsp3) is 0.545. The lowest BCUT2D eigenvalue weighted by atomic mass is 9.84. The van der Waals surface area contributed by atoms with Gasteiger partial charge >= 0.3 is 11.9 Å². The van der Waals surface area contributed by atoms with Gasteiger partial charge in [0.25, 0.3) is 5.91 Å². The number of benzene rings is 6. The van der Waals surface area contributed by atoms with Crippen molar-refractivity contribution in [2.75, 3.05) is 86.8 Å².